The second kappa shape index (κ2) is 14.6. The summed E-state index contributed by atoms with van der Waals surface area (Å²) in [6.45, 7) is 4.43. The second-order valence-corrected chi connectivity index (χ2v) is 10.8. The SMILES string of the molecule is CCCCCCCCCc1c(O)c(S(=O)(=O)O)c2ccccc2c1CCCCCCCCC. The topological polar surface area (TPSA) is 74.6 Å². The zero-order valence-corrected chi connectivity index (χ0v) is 21.6. The summed E-state index contributed by atoms with van der Waals surface area (Å²) in [4.78, 5) is -0.334. The first-order valence-electron chi connectivity index (χ1n) is 13.1. The maximum absolute atomic E-state index is 12.2. The highest BCUT2D eigenvalue weighted by molar-refractivity contribution is 7.86. The van der Waals surface area contributed by atoms with Gasteiger partial charge in [0.05, 0.1) is 0 Å². The molecule has 5 heteroatoms. The van der Waals surface area contributed by atoms with Gasteiger partial charge in [0.15, 0.2) is 0 Å². The molecule has 0 aliphatic rings. The lowest BCUT2D eigenvalue weighted by molar-refractivity contribution is 0.437. The Labute approximate surface area is 201 Å². The van der Waals surface area contributed by atoms with Gasteiger partial charge in [-0.1, -0.05) is 115 Å². The predicted molar refractivity (Wildman–Crippen MR) is 139 cm³/mol. The first-order chi connectivity index (χ1) is 15.9. The normalized spacial score (nSPS) is 12.0. The van der Waals surface area contributed by atoms with E-state index in [0.29, 0.717) is 17.4 Å². The lowest BCUT2D eigenvalue weighted by Crippen LogP contribution is -2.06. The van der Waals surface area contributed by atoms with Crippen LogP contribution < -0.4 is 0 Å². The van der Waals surface area contributed by atoms with E-state index < -0.39 is 10.1 Å². The van der Waals surface area contributed by atoms with Crippen LogP contribution in [0.3, 0.4) is 0 Å². The van der Waals surface area contributed by atoms with E-state index in [-0.39, 0.29) is 10.6 Å². The highest BCUT2D eigenvalue weighted by Crippen LogP contribution is 2.40. The minimum Gasteiger partial charge on any atom is -0.506 e. The van der Waals surface area contributed by atoms with Gasteiger partial charge in [-0.25, -0.2) is 0 Å². The van der Waals surface area contributed by atoms with Crippen molar-refractivity contribution in [2.24, 2.45) is 0 Å². The van der Waals surface area contributed by atoms with E-state index >= 15 is 0 Å². The van der Waals surface area contributed by atoms with E-state index in [1.54, 1.807) is 12.1 Å². The lowest BCUT2D eigenvalue weighted by Gasteiger charge is -2.18. The first-order valence-corrected chi connectivity index (χ1v) is 14.6. The third-order valence-electron chi connectivity index (χ3n) is 6.68. The fourth-order valence-corrected chi connectivity index (χ4v) is 5.67. The van der Waals surface area contributed by atoms with Crippen molar-refractivity contribution in [1.82, 2.24) is 0 Å². The third-order valence-corrected chi connectivity index (χ3v) is 7.61. The van der Waals surface area contributed by atoms with E-state index in [2.05, 4.69) is 13.8 Å². The predicted octanol–water partition coefficient (Wildman–Crippen LogP) is 8.38. The first kappa shape index (κ1) is 27.7. The van der Waals surface area contributed by atoms with E-state index in [4.69, 9.17) is 0 Å². The average molecular weight is 477 g/mol. The molecule has 0 heterocycles. The Hall–Kier alpha value is -1.59. The maximum Gasteiger partial charge on any atom is 0.298 e. The van der Waals surface area contributed by atoms with Crippen molar-refractivity contribution in [3.05, 3.63) is 35.4 Å². The smallest absolute Gasteiger partial charge is 0.298 e. The van der Waals surface area contributed by atoms with Crippen LogP contribution in [0.15, 0.2) is 29.2 Å². The molecule has 0 saturated heterocycles. The van der Waals surface area contributed by atoms with Crippen LogP contribution >= 0.6 is 0 Å². The van der Waals surface area contributed by atoms with Crippen molar-refractivity contribution in [3.8, 4) is 5.75 Å². The number of benzene rings is 2. The average Bonchev–Trinajstić information content (AvgIpc) is 2.78. The van der Waals surface area contributed by atoms with Crippen LogP contribution in [0.4, 0.5) is 0 Å². The fourth-order valence-electron chi connectivity index (χ4n) is 4.85. The number of hydrogen-bond donors (Lipinski definition) is 2. The van der Waals surface area contributed by atoms with Gasteiger partial charge in [-0.3, -0.25) is 4.55 Å². The summed E-state index contributed by atoms with van der Waals surface area (Å²) in [5, 5.41) is 12.3. The summed E-state index contributed by atoms with van der Waals surface area (Å²) in [6, 6.07) is 7.26. The molecule has 0 atom stereocenters. The Kier molecular flexibility index (Phi) is 12.3. The van der Waals surface area contributed by atoms with Crippen LogP contribution in [-0.4, -0.2) is 18.1 Å². The van der Waals surface area contributed by atoms with Gasteiger partial charge in [0.25, 0.3) is 10.1 Å². The summed E-state index contributed by atoms with van der Waals surface area (Å²) in [5.74, 6) is -0.250. The van der Waals surface area contributed by atoms with Gasteiger partial charge >= 0.3 is 0 Å². The quantitative estimate of drug-likeness (QED) is 0.178. The number of fused-ring (bicyclic) bond motifs is 1. The molecule has 2 N–H and O–H groups in total. The number of phenols is 1. The van der Waals surface area contributed by atoms with Crippen molar-refractivity contribution >= 4 is 20.9 Å². The lowest BCUT2D eigenvalue weighted by atomic mass is 9.90. The van der Waals surface area contributed by atoms with Crippen LogP contribution in [-0.2, 0) is 23.0 Å². The summed E-state index contributed by atoms with van der Waals surface area (Å²) in [6.07, 6.45) is 18.0. The molecule has 186 valence electrons. The zero-order valence-electron chi connectivity index (χ0n) is 20.7. The van der Waals surface area contributed by atoms with E-state index in [0.717, 1.165) is 49.5 Å². The molecule has 0 spiro atoms. The molecule has 0 amide bonds. The van der Waals surface area contributed by atoms with E-state index in [1.807, 2.05) is 12.1 Å². The Bertz CT molecular complexity index is 950. The molecule has 0 radical (unpaired) electrons. The number of hydrogen-bond acceptors (Lipinski definition) is 3. The number of aryl methyl sites for hydroxylation is 1. The van der Waals surface area contributed by atoms with Crippen molar-refractivity contribution in [3.63, 3.8) is 0 Å². The molecule has 4 nitrogen and oxygen atoms in total. The van der Waals surface area contributed by atoms with Gasteiger partial charge in [-0.2, -0.15) is 8.42 Å². The zero-order chi connectivity index (χ0) is 24.1. The van der Waals surface area contributed by atoms with Gasteiger partial charge in [0.2, 0.25) is 0 Å². The van der Waals surface area contributed by atoms with Crippen LogP contribution in [0.1, 0.15) is 115 Å². The molecule has 0 bridgehead atoms. The number of unbranched alkanes of at least 4 members (excludes halogenated alkanes) is 12. The molecule has 0 aliphatic carbocycles. The Morgan fingerprint density at radius 2 is 1.06 bits per heavy atom. The Balaban J connectivity index is 2.23. The standard InChI is InChI=1S/C28H44O4S/c1-3-5-7-9-11-13-15-19-23-24-20-17-18-22-26(24)28(33(30,31)32)27(29)25(23)21-16-14-12-10-8-6-4-2/h17-18,20,22,29H,3-16,19,21H2,1-2H3,(H,30,31,32). The third kappa shape index (κ3) is 8.60. The minimum absolute atomic E-state index is 0.250. The highest BCUT2D eigenvalue weighted by atomic mass is 32.2. The minimum atomic E-state index is -4.53. The van der Waals surface area contributed by atoms with Gasteiger partial charge < -0.3 is 5.11 Å². The summed E-state index contributed by atoms with van der Waals surface area (Å²) < 4.78 is 34.3. The van der Waals surface area contributed by atoms with Crippen molar-refractivity contribution in [2.45, 2.75) is 121 Å². The number of phenolic OH excluding ortho intramolecular Hbond substituents is 1. The van der Waals surface area contributed by atoms with Crippen LogP contribution in [0, 0.1) is 0 Å². The maximum atomic E-state index is 12.2. The molecule has 0 aliphatic heterocycles. The van der Waals surface area contributed by atoms with Gasteiger partial charge in [0.1, 0.15) is 10.6 Å². The van der Waals surface area contributed by atoms with E-state index in [9.17, 15) is 18.1 Å². The van der Waals surface area contributed by atoms with Crippen molar-refractivity contribution < 1.29 is 18.1 Å². The summed E-state index contributed by atoms with van der Waals surface area (Å²) in [7, 11) is -4.53. The molecule has 0 aromatic heterocycles. The van der Waals surface area contributed by atoms with Crippen LogP contribution in [0.2, 0.25) is 0 Å². The van der Waals surface area contributed by atoms with Crippen molar-refractivity contribution in [1.29, 1.82) is 0 Å². The monoisotopic (exact) mass is 476 g/mol. The summed E-state index contributed by atoms with van der Waals surface area (Å²) in [5.41, 5.74) is 1.76. The van der Waals surface area contributed by atoms with Crippen LogP contribution in [0.25, 0.3) is 10.8 Å². The Morgan fingerprint density at radius 3 is 1.55 bits per heavy atom. The Morgan fingerprint density at radius 1 is 0.636 bits per heavy atom. The number of aromatic hydroxyl groups is 1. The van der Waals surface area contributed by atoms with E-state index in [1.165, 1.54) is 57.8 Å². The highest BCUT2D eigenvalue weighted by Gasteiger charge is 2.25. The van der Waals surface area contributed by atoms with Gasteiger partial charge in [0, 0.05) is 5.39 Å². The second-order valence-electron chi connectivity index (χ2n) is 9.40. The molecule has 2 rings (SSSR count). The summed E-state index contributed by atoms with van der Waals surface area (Å²) >= 11 is 0. The van der Waals surface area contributed by atoms with Crippen molar-refractivity contribution in [2.75, 3.05) is 0 Å². The number of rotatable bonds is 17. The molecule has 2 aromatic carbocycles. The fraction of sp³-hybridized carbons (Fsp3) is 0.643. The molecule has 0 unspecified atom stereocenters. The molecule has 0 fully saturated rings. The van der Waals surface area contributed by atoms with Crippen LogP contribution in [0.5, 0.6) is 5.75 Å². The molecule has 2 aromatic rings. The molecular formula is C28H44O4S. The van der Waals surface area contributed by atoms with Gasteiger partial charge in [-0.05, 0) is 42.2 Å². The molecule has 33 heavy (non-hydrogen) atoms. The molecular weight excluding hydrogens is 432 g/mol. The molecule has 0 saturated carbocycles. The van der Waals surface area contributed by atoms with Gasteiger partial charge in [-0.15, -0.1) is 0 Å². The largest absolute Gasteiger partial charge is 0.506 e.